The lowest BCUT2D eigenvalue weighted by molar-refractivity contribution is -0.0596. The molecule has 0 saturated carbocycles. The Morgan fingerprint density at radius 3 is 2.79 bits per heavy atom. The van der Waals surface area contributed by atoms with Crippen LogP contribution in [0.5, 0.6) is 0 Å². The van der Waals surface area contributed by atoms with Gasteiger partial charge in [0.05, 0.1) is 41.3 Å². The summed E-state index contributed by atoms with van der Waals surface area (Å²) in [5.74, 6) is 1.22. The van der Waals surface area contributed by atoms with Gasteiger partial charge in [-0.05, 0) is 33.8 Å². The van der Waals surface area contributed by atoms with Crippen molar-refractivity contribution in [3.63, 3.8) is 0 Å². The van der Waals surface area contributed by atoms with Crippen LogP contribution < -0.4 is 10.6 Å². The number of hydrogen-bond acceptors (Lipinski definition) is 9. The summed E-state index contributed by atoms with van der Waals surface area (Å²) >= 11 is 0. The predicted molar refractivity (Wildman–Crippen MR) is 126 cm³/mol. The number of anilines is 1. The molecule has 0 spiro atoms. The molecule has 0 radical (unpaired) electrons. The summed E-state index contributed by atoms with van der Waals surface area (Å²) in [5, 5.41) is 25.6. The zero-order chi connectivity index (χ0) is 23.9. The summed E-state index contributed by atoms with van der Waals surface area (Å²) in [6, 6.07) is 7.85. The molecule has 10 nitrogen and oxygen atoms in total. The lowest BCUT2D eigenvalue weighted by atomic mass is 10.0. The average molecular weight is 459 g/mol. The van der Waals surface area contributed by atoms with E-state index in [0.29, 0.717) is 29.4 Å². The second kappa shape index (κ2) is 8.52. The molecule has 1 aliphatic heterocycles. The first-order valence-electron chi connectivity index (χ1n) is 11.2. The second-order valence-electron chi connectivity index (χ2n) is 9.31. The van der Waals surface area contributed by atoms with Crippen molar-refractivity contribution in [3.05, 3.63) is 48.0 Å². The summed E-state index contributed by atoms with van der Waals surface area (Å²) in [6.07, 6.45) is 4.95. The minimum Gasteiger partial charge on any atom is -0.382 e. The molecule has 1 atom stereocenters. The van der Waals surface area contributed by atoms with E-state index in [1.807, 2.05) is 12.1 Å². The van der Waals surface area contributed by atoms with Crippen LogP contribution in [0.4, 0.5) is 5.69 Å². The fourth-order valence-electron chi connectivity index (χ4n) is 3.89. The number of hydrogen-bond donors (Lipinski definition) is 2. The Morgan fingerprint density at radius 2 is 2.06 bits per heavy atom. The Hall–Kier alpha value is -3.81. The molecule has 1 aliphatic rings. The van der Waals surface area contributed by atoms with Crippen LogP contribution in [0.3, 0.4) is 0 Å². The number of rotatable bonds is 5. The smallest absolute Gasteiger partial charge is 0.170 e. The molecule has 1 unspecified atom stereocenters. The summed E-state index contributed by atoms with van der Waals surface area (Å²) < 4.78 is 13.3. The van der Waals surface area contributed by atoms with Crippen molar-refractivity contribution < 1.29 is 9.26 Å². The lowest BCUT2D eigenvalue weighted by Gasteiger charge is -2.34. The van der Waals surface area contributed by atoms with Gasteiger partial charge in [-0.15, -0.1) is 0 Å². The van der Waals surface area contributed by atoms with E-state index < -0.39 is 0 Å². The third kappa shape index (κ3) is 4.23. The van der Waals surface area contributed by atoms with Gasteiger partial charge in [0, 0.05) is 42.5 Å². The van der Waals surface area contributed by atoms with Crippen LogP contribution in [-0.4, -0.2) is 49.7 Å². The van der Waals surface area contributed by atoms with Crippen LogP contribution in [0.2, 0.25) is 0 Å². The van der Waals surface area contributed by atoms with Gasteiger partial charge in [0.25, 0.3) is 0 Å². The van der Waals surface area contributed by atoms with E-state index in [2.05, 4.69) is 64.6 Å². The van der Waals surface area contributed by atoms with Gasteiger partial charge in [0.15, 0.2) is 17.2 Å². The maximum atomic E-state index is 9.13. The van der Waals surface area contributed by atoms with Gasteiger partial charge in [0.1, 0.15) is 11.8 Å². The van der Waals surface area contributed by atoms with E-state index in [9.17, 15) is 0 Å². The number of ether oxygens (including phenoxy) is 1. The van der Waals surface area contributed by atoms with Crippen molar-refractivity contribution >= 4 is 16.7 Å². The van der Waals surface area contributed by atoms with Crippen LogP contribution in [0, 0.1) is 11.3 Å². The van der Waals surface area contributed by atoms with Gasteiger partial charge in [-0.25, -0.2) is 9.97 Å². The number of pyridine rings is 2. The second-order valence-corrected chi connectivity index (χ2v) is 9.31. The third-order valence-electron chi connectivity index (χ3n) is 5.65. The molecule has 5 rings (SSSR count). The number of nitrogens with one attached hydrogen (secondary N) is 2. The zero-order valence-electron chi connectivity index (χ0n) is 19.5. The molecule has 2 N–H and O–H groups in total. The van der Waals surface area contributed by atoms with E-state index >= 15 is 0 Å². The third-order valence-corrected chi connectivity index (χ3v) is 5.65. The summed E-state index contributed by atoms with van der Waals surface area (Å²) in [6.45, 7) is 9.51. The summed E-state index contributed by atoms with van der Waals surface area (Å²) in [5.41, 5.74) is 3.35. The molecule has 34 heavy (non-hydrogen) atoms. The zero-order valence-corrected chi connectivity index (χ0v) is 19.5. The highest BCUT2D eigenvalue weighted by Gasteiger charge is 2.30. The Kier molecular flexibility index (Phi) is 5.51. The SMILES string of the molecule is CC(C)Nc1cc(-n2ncc3cc(C#N)cnc32)ncc1-c1cc(C2COC(C)(C)CN2)no1. The molecule has 0 aromatic carbocycles. The average Bonchev–Trinajstić information content (AvgIpc) is 3.45. The van der Waals surface area contributed by atoms with Gasteiger partial charge in [-0.1, -0.05) is 5.16 Å². The highest BCUT2D eigenvalue weighted by atomic mass is 16.5. The van der Waals surface area contributed by atoms with Gasteiger partial charge >= 0.3 is 0 Å². The van der Waals surface area contributed by atoms with Crippen molar-refractivity contribution in [1.82, 2.24) is 30.2 Å². The Balaban J connectivity index is 1.49. The Morgan fingerprint density at radius 1 is 1.21 bits per heavy atom. The van der Waals surface area contributed by atoms with Crippen LogP contribution in [0.15, 0.2) is 41.3 Å². The minimum atomic E-state index is -0.196. The first-order valence-corrected chi connectivity index (χ1v) is 11.2. The standard InChI is InChI=1S/C24H26N8O2/c1-14(2)30-18-7-22(32-23-16(10-29-32)5-15(8-25)9-27-23)26-11-17(18)21-6-19(31-34-21)20-12-33-24(3,4)13-28-20/h5-7,9-11,14,20,28H,12-13H2,1-4H3,(H,26,30). The van der Waals surface area contributed by atoms with Crippen LogP contribution in [0.25, 0.3) is 28.2 Å². The molecule has 0 aliphatic carbocycles. The van der Waals surface area contributed by atoms with E-state index in [1.165, 1.54) is 6.20 Å². The maximum absolute atomic E-state index is 9.13. The Labute approximate surface area is 196 Å². The molecule has 1 saturated heterocycles. The van der Waals surface area contributed by atoms with Crippen LogP contribution >= 0.6 is 0 Å². The maximum Gasteiger partial charge on any atom is 0.170 e. The fraction of sp³-hybridized carbons (Fsp3) is 0.375. The quantitative estimate of drug-likeness (QED) is 0.461. The molecule has 4 aromatic rings. The molecule has 0 bridgehead atoms. The molecule has 4 aromatic heterocycles. The van der Waals surface area contributed by atoms with Crippen molar-refractivity contribution in [2.24, 2.45) is 0 Å². The van der Waals surface area contributed by atoms with Crippen molar-refractivity contribution in [3.8, 4) is 23.2 Å². The van der Waals surface area contributed by atoms with E-state index in [-0.39, 0.29) is 17.7 Å². The van der Waals surface area contributed by atoms with Crippen LogP contribution in [-0.2, 0) is 4.74 Å². The number of morpholine rings is 1. The van der Waals surface area contributed by atoms with Gasteiger partial charge < -0.3 is 19.9 Å². The molecule has 10 heteroatoms. The molecular weight excluding hydrogens is 432 g/mol. The topological polar surface area (TPSA) is 127 Å². The van der Waals surface area contributed by atoms with Crippen molar-refractivity contribution in [2.45, 2.75) is 45.4 Å². The number of aromatic nitrogens is 5. The van der Waals surface area contributed by atoms with Gasteiger partial charge in [-0.2, -0.15) is 15.0 Å². The van der Waals surface area contributed by atoms with E-state index in [0.717, 1.165) is 28.9 Å². The predicted octanol–water partition coefficient (Wildman–Crippen LogP) is 3.60. The number of fused-ring (bicyclic) bond motifs is 1. The lowest BCUT2D eigenvalue weighted by Crippen LogP contribution is -2.47. The van der Waals surface area contributed by atoms with E-state index in [4.69, 9.17) is 14.5 Å². The fourth-order valence-corrected chi connectivity index (χ4v) is 3.89. The monoisotopic (exact) mass is 458 g/mol. The largest absolute Gasteiger partial charge is 0.382 e. The van der Waals surface area contributed by atoms with Crippen molar-refractivity contribution in [1.29, 1.82) is 5.26 Å². The molecule has 0 amide bonds. The Bertz CT molecular complexity index is 1370. The highest BCUT2D eigenvalue weighted by Crippen LogP contribution is 2.32. The first kappa shape index (κ1) is 22.0. The minimum absolute atomic E-state index is 0.0286. The molecule has 1 fully saturated rings. The van der Waals surface area contributed by atoms with Gasteiger partial charge in [0.2, 0.25) is 0 Å². The molecular formula is C24H26N8O2. The number of nitrogens with zero attached hydrogens (tertiary/aromatic N) is 6. The summed E-state index contributed by atoms with van der Waals surface area (Å²) in [7, 11) is 0. The first-order chi connectivity index (χ1) is 16.3. The summed E-state index contributed by atoms with van der Waals surface area (Å²) in [4.78, 5) is 9.02. The highest BCUT2D eigenvalue weighted by molar-refractivity contribution is 5.79. The van der Waals surface area contributed by atoms with E-state index in [1.54, 1.807) is 23.1 Å². The van der Waals surface area contributed by atoms with Crippen molar-refractivity contribution in [2.75, 3.05) is 18.5 Å². The normalized spacial score (nSPS) is 17.7. The molecule has 5 heterocycles. The molecule has 174 valence electrons. The number of nitriles is 1. The van der Waals surface area contributed by atoms with Crippen LogP contribution in [0.1, 0.15) is 45.0 Å². The van der Waals surface area contributed by atoms with Gasteiger partial charge in [-0.3, -0.25) is 0 Å².